The van der Waals surface area contributed by atoms with Gasteiger partial charge in [-0.2, -0.15) is 0 Å². The molecule has 0 bridgehead atoms. The molecule has 15 heavy (non-hydrogen) atoms. The van der Waals surface area contributed by atoms with Crippen LogP contribution in [-0.2, 0) is 6.42 Å². The van der Waals surface area contributed by atoms with Gasteiger partial charge in [0.2, 0.25) is 0 Å². The Hall–Kier alpha value is -1.02. The lowest BCUT2D eigenvalue weighted by Gasteiger charge is -2.35. The van der Waals surface area contributed by atoms with E-state index in [4.69, 9.17) is 4.74 Å². The maximum Gasteiger partial charge on any atom is 0.123 e. The highest BCUT2D eigenvalue weighted by molar-refractivity contribution is 5.39. The number of nitrogens with one attached hydrogen (secondary N) is 1. The van der Waals surface area contributed by atoms with Crippen LogP contribution < -0.4 is 10.1 Å². The largest absolute Gasteiger partial charge is 0.486 e. The zero-order valence-corrected chi connectivity index (χ0v) is 9.18. The van der Waals surface area contributed by atoms with Gasteiger partial charge in [-0.25, -0.2) is 0 Å². The number of hydrogen-bond donors (Lipinski definition) is 1. The van der Waals surface area contributed by atoms with Gasteiger partial charge in [-0.15, -0.1) is 0 Å². The molecule has 2 nitrogen and oxygen atoms in total. The molecule has 2 heterocycles. The van der Waals surface area contributed by atoms with Crippen molar-refractivity contribution in [2.75, 3.05) is 13.1 Å². The molecule has 80 valence electrons. The lowest BCUT2D eigenvalue weighted by Crippen LogP contribution is -2.41. The molecule has 1 spiro atoms. The third-order valence-corrected chi connectivity index (χ3v) is 3.60. The summed E-state index contributed by atoms with van der Waals surface area (Å²) < 4.78 is 6.17. The van der Waals surface area contributed by atoms with Gasteiger partial charge in [-0.05, 0) is 37.9 Å². The molecule has 1 aromatic rings. The summed E-state index contributed by atoms with van der Waals surface area (Å²) in [6.07, 6.45) is 3.48. The van der Waals surface area contributed by atoms with Crippen LogP contribution in [-0.4, -0.2) is 18.7 Å². The first-order chi connectivity index (χ1) is 7.27. The topological polar surface area (TPSA) is 21.3 Å². The second-order valence-electron chi connectivity index (χ2n) is 4.82. The molecule has 1 saturated heterocycles. The zero-order valence-electron chi connectivity index (χ0n) is 9.18. The predicted molar refractivity (Wildman–Crippen MR) is 60.3 cm³/mol. The summed E-state index contributed by atoms with van der Waals surface area (Å²) in [6.45, 7) is 4.25. The second kappa shape index (κ2) is 3.24. The Morgan fingerprint density at radius 1 is 1.33 bits per heavy atom. The second-order valence-corrected chi connectivity index (χ2v) is 4.82. The Kier molecular flexibility index (Phi) is 1.99. The standard InChI is InChI=1S/C13H17NO/c1-10-2-3-12-11(8-10)4-5-13(15-12)6-7-14-9-13/h2-3,8,14H,4-7,9H2,1H3. The maximum absolute atomic E-state index is 6.17. The van der Waals surface area contributed by atoms with Gasteiger partial charge in [0.05, 0.1) is 0 Å². The molecule has 3 rings (SSSR count). The number of fused-ring (bicyclic) bond motifs is 1. The van der Waals surface area contributed by atoms with Crippen LogP contribution in [0.5, 0.6) is 5.75 Å². The van der Waals surface area contributed by atoms with E-state index in [0.29, 0.717) is 0 Å². The van der Waals surface area contributed by atoms with Gasteiger partial charge in [0.15, 0.2) is 0 Å². The van der Waals surface area contributed by atoms with Crippen molar-refractivity contribution in [3.63, 3.8) is 0 Å². The highest BCUT2D eigenvalue weighted by Crippen LogP contribution is 2.36. The molecule has 0 amide bonds. The van der Waals surface area contributed by atoms with Crippen LogP contribution in [0.15, 0.2) is 18.2 Å². The van der Waals surface area contributed by atoms with Crippen LogP contribution in [0.1, 0.15) is 24.0 Å². The van der Waals surface area contributed by atoms with Crippen LogP contribution in [0.3, 0.4) is 0 Å². The highest BCUT2D eigenvalue weighted by atomic mass is 16.5. The first-order valence-corrected chi connectivity index (χ1v) is 5.77. The van der Waals surface area contributed by atoms with Crippen molar-refractivity contribution < 1.29 is 4.74 Å². The van der Waals surface area contributed by atoms with Crippen LogP contribution in [0.2, 0.25) is 0 Å². The average molecular weight is 203 g/mol. The van der Waals surface area contributed by atoms with Crippen molar-refractivity contribution in [2.45, 2.75) is 31.8 Å². The molecule has 2 aliphatic heterocycles. The van der Waals surface area contributed by atoms with Crippen LogP contribution >= 0.6 is 0 Å². The van der Waals surface area contributed by atoms with Gasteiger partial charge in [0, 0.05) is 13.0 Å². The van der Waals surface area contributed by atoms with Crippen molar-refractivity contribution in [1.82, 2.24) is 5.32 Å². The quantitative estimate of drug-likeness (QED) is 0.697. The zero-order chi connectivity index (χ0) is 10.3. The van der Waals surface area contributed by atoms with E-state index in [-0.39, 0.29) is 5.60 Å². The Bertz CT molecular complexity index is 380. The molecule has 2 heteroatoms. The summed E-state index contributed by atoms with van der Waals surface area (Å²) in [6, 6.07) is 6.52. The predicted octanol–water partition coefficient (Wildman–Crippen LogP) is 2.05. The molecule has 2 aliphatic rings. The average Bonchev–Trinajstić information content (AvgIpc) is 2.67. The molecule has 1 fully saturated rings. The van der Waals surface area contributed by atoms with Crippen LogP contribution in [0, 0.1) is 6.92 Å². The number of benzene rings is 1. The Balaban J connectivity index is 1.93. The number of hydrogen-bond acceptors (Lipinski definition) is 2. The lowest BCUT2D eigenvalue weighted by atomic mass is 9.90. The minimum atomic E-state index is 0.0995. The van der Waals surface area contributed by atoms with Gasteiger partial charge >= 0.3 is 0 Å². The van der Waals surface area contributed by atoms with E-state index >= 15 is 0 Å². The summed E-state index contributed by atoms with van der Waals surface area (Å²) in [5.41, 5.74) is 2.81. The maximum atomic E-state index is 6.17. The number of ether oxygens (including phenoxy) is 1. The van der Waals surface area contributed by atoms with E-state index in [2.05, 4.69) is 30.4 Å². The molecule has 1 aromatic carbocycles. The third kappa shape index (κ3) is 1.53. The van der Waals surface area contributed by atoms with E-state index < -0.39 is 0 Å². The van der Waals surface area contributed by atoms with Crippen molar-refractivity contribution in [2.24, 2.45) is 0 Å². The molecule has 1 N–H and O–H groups in total. The fourth-order valence-corrected chi connectivity index (χ4v) is 2.67. The van der Waals surface area contributed by atoms with E-state index in [9.17, 15) is 0 Å². The smallest absolute Gasteiger partial charge is 0.123 e. The van der Waals surface area contributed by atoms with Gasteiger partial charge < -0.3 is 10.1 Å². The molecule has 1 atom stereocenters. The van der Waals surface area contributed by atoms with Crippen molar-refractivity contribution >= 4 is 0 Å². The minimum absolute atomic E-state index is 0.0995. The van der Waals surface area contributed by atoms with E-state index in [1.54, 1.807) is 0 Å². The van der Waals surface area contributed by atoms with Crippen molar-refractivity contribution in [1.29, 1.82) is 0 Å². The lowest BCUT2D eigenvalue weighted by molar-refractivity contribution is 0.0664. The Morgan fingerprint density at radius 2 is 2.27 bits per heavy atom. The molecule has 1 unspecified atom stereocenters. The molecule has 0 aliphatic carbocycles. The van der Waals surface area contributed by atoms with Crippen LogP contribution in [0.25, 0.3) is 0 Å². The third-order valence-electron chi connectivity index (χ3n) is 3.60. The van der Waals surface area contributed by atoms with Gasteiger partial charge in [-0.1, -0.05) is 17.7 Å². The van der Waals surface area contributed by atoms with Gasteiger partial charge in [0.25, 0.3) is 0 Å². The first kappa shape index (κ1) is 9.22. The fourth-order valence-electron chi connectivity index (χ4n) is 2.67. The Labute approximate surface area is 90.6 Å². The summed E-state index contributed by atoms with van der Waals surface area (Å²) in [5.74, 6) is 1.11. The summed E-state index contributed by atoms with van der Waals surface area (Å²) in [4.78, 5) is 0. The van der Waals surface area contributed by atoms with Gasteiger partial charge in [-0.3, -0.25) is 0 Å². The Morgan fingerprint density at radius 3 is 3.07 bits per heavy atom. The number of aryl methyl sites for hydroxylation is 2. The van der Waals surface area contributed by atoms with Crippen molar-refractivity contribution in [3.8, 4) is 5.75 Å². The minimum Gasteiger partial charge on any atom is -0.486 e. The molecule has 0 saturated carbocycles. The molecular formula is C13H17NO. The van der Waals surface area contributed by atoms with E-state index in [1.165, 1.54) is 17.5 Å². The van der Waals surface area contributed by atoms with Crippen LogP contribution in [0.4, 0.5) is 0 Å². The monoisotopic (exact) mass is 203 g/mol. The fraction of sp³-hybridized carbons (Fsp3) is 0.538. The highest BCUT2D eigenvalue weighted by Gasteiger charge is 2.38. The summed E-state index contributed by atoms with van der Waals surface area (Å²) >= 11 is 0. The molecule has 0 aromatic heterocycles. The normalized spacial score (nSPS) is 28.9. The van der Waals surface area contributed by atoms with Crippen molar-refractivity contribution in [3.05, 3.63) is 29.3 Å². The van der Waals surface area contributed by atoms with E-state index in [1.807, 2.05) is 0 Å². The summed E-state index contributed by atoms with van der Waals surface area (Å²) in [7, 11) is 0. The number of rotatable bonds is 0. The van der Waals surface area contributed by atoms with E-state index in [0.717, 1.165) is 31.7 Å². The molecular weight excluding hydrogens is 186 g/mol. The SMILES string of the molecule is Cc1ccc2c(c1)CCC1(CCNC1)O2. The summed E-state index contributed by atoms with van der Waals surface area (Å²) in [5, 5.41) is 3.40. The first-order valence-electron chi connectivity index (χ1n) is 5.77. The van der Waals surface area contributed by atoms with Gasteiger partial charge in [0.1, 0.15) is 11.4 Å². The molecule has 0 radical (unpaired) electrons.